The van der Waals surface area contributed by atoms with E-state index in [1.807, 2.05) is 91.5 Å². The number of carbonyl (C=O) groups excluding carboxylic acids is 2. The normalized spacial score (nSPS) is 11.8. The number of benzene rings is 3. The largest absolute Gasteiger partial charge is 0.332 e. The Hall–Kier alpha value is -3.64. The maximum Gasteiger partial charge on any atom is 0.322 e. The fraction of sp³-hybridized carbons (Fsp3) is 0.267. The molecule has 0 aliphatic carbocycles. The first-order valence-corrected chi connectivity index (χ1v) is 13.2. The summed E-state index contributed by atoms with van der Waals surface area (Å²) in [5, 5.41) is 5.10. The van der Waals surface area contributed by atoms with E-state index < -0.39 is 0 Å². The predicted octanol–water partition coefficient (Wildman–Crippen LogP) is 7.07. The number of urea groups is 1. The number of nitrogens with zero attached hydrogens (tertiary/aromatic N) is 2. The number of carbonyl (C=O) groups is 2. The van der Waals surface area contributed by atoms with Gasteiger partial charge in [0, 0.05) is 27.7 Å². The monoisotopic (exact) mass is 499 g/mol. The van der Waals surface area contributed by atoms with E-state index in [0.29, 0.717) is 13.1 Å². The molecule has 1 N–H and O–H groups in total. The van der Waals surface area contributed by atoms with Crippen molar-refractivity contribution in [3.8, 4) is 0 Å². The van der Waals surface area contributed by atoms with Crippen LogP contribution in [0.2, 0.25) is 0 Å². The number of thiophene rings is 1. The molecule has 1 unspecified atom stereocenters. The zero-order valence-corrected chi connectivity index (χ0v) is 21.9. The first-order chi connectivity index (χ1) is 17.4. The molecular weight excluding hydrogens is 466 g/mol. The van der Waals surface area contributed by atoms with Gasteiger partial charge in [0.15, 0.2) is 0 Å². The molecular formula is C30H33N3O2S. The van der Waals surface area contributed by atoms with Crippen molar-refractivity contribution in [3.63, 3.8) is 0 Å². The van der Waals surface area contributed by atoms with Gasteiger partial charge in [-0.1, -0.05) is 73.7 Å². The molecule has 0 aliphatic heterocycles. The fourth-order valence-electron chi connectivity index (χ4n) is 4.21. The number of nitrogens with one attached hydrogen (secondary N) is 1. The van der Waals surface area contributed by atoms with Crippen LogP contribution in [0.5, 0.6) is 0 Å². The Labute approximate surface area is 217 Å². The van der Waals surface area contributed by atoms with Gasteiger partial charge in [-0.25, -0.2) is 4.79 Å². The lowest BCUT2D eigenvalue weighted by Crippen LogP contribution is -2.47. The number of hydrogen-bond acceptors (Lipinski definition) is 3. The summed E-state index contributed by atoms with van der Waals surface area (Å²) < 4.78 is 0. The molecule has 3 amide bonds. The highest BCUT2D eigenvalue weighted by atomic mass is 32.1. The highest BCUT2D eigenvalue weighted by molar-refractivity contribution is 7.11. The Bertz CT molecular complexity index is 1310. The molecule has 1 atom stereocenters. The third-order valence-corrected chi connectivity index (χ3v) is 7.42. The summed E-state index contributed by atoms with van der Waals surface area (Å²) in [4.78, 5) is 33.0. The average molecular weight is 500 g/mol. The molecule has 0 fully saturated rings. The maximum atomic E-state index is 13.7. The number of amides is 3. The van der Waals surface area contributed by atoms with Crippen molar-refractivity contribution in [1.82, 2.24) is 9.80 Å². The van der Waals surface area contributed by atoms with Gasteiger partial charge < -0.3 is 15.1 Å². The Morgan fingerprint density at radius 2 is 1.61 bits per heavy atom. The van der Waals surface area contributed by atoms with E-state index in [1.165, 1.54) is 4.88 Å². The molecule has 1 aromatic heterocycles. The van der Waals surface area contributed by atoms with E-state index in [2.05, 4.69) is 24.4 Å². The summed E-state index contributed by atoms with van der Waals surface area (Å²) in [5.41, 5.74) is 1.81. The number of rotatable bonds is 9. The van der Waals surface area contributed by atoms with Crippen LogP contribution in [0, 0.1) is 6.92 Å². The zero-order valence-electron chi connectivity index (χ0n) is 21.1. The summed E-state index contributed by atoms with van der Waals surface area (Å²) in [6, 6.07) is 27.6. The van der Waals surface area contributed by atoms with Gasteiger partial charge >= 0.3 is 6.03 Å². The lowest BCUT2D eigenvalue weighted by Gasteiger charge is -2.31. The molecule has 5 nitrogen and oxygen atoms in total. The number of fused-ring (bicyclic) bond motifs is 1. The molecule has 0 bridgehead atoms. The lowest BCUT2D eigenvalue weighted by atomic mass is 10.1. The second-order valence-electron chi connectivity index (χ2n) is 9.09. The molecule has 4 aromatic rings. The molecule has 3 aromatic carbocycles. The molecule has 0 aliphatic rings. The second kappa shape index (κ2) is 11.9. The SMILES string of the molecule is CCC(C)N(CC(=O)N(Cc1ccccc1)Cc1ccc(C)s1)C(=O)Nc1cccc2ccccc12. The van der Waals surface area contributed by atoms with E-state index in [9.17, 15) is 9.59 Å². The molecule has 0 spiro atoms. The minimum absolute atomic E-state index is 0.0167. The Morgan fingerprint density at radius 3 is 2.33 bits per heavy atom. The maximum absolute atomic E-state index is 13.7. The molecule has 0 saturated heterocycles. The standard InChI is InChI=1S/C30H33N3O2S/c1-4-22(2)33(30(35)31-28-16-10-14-25-13-8-9-15-27(25)28)21-29(34)32(19-24-11-6-5-7-12-24)20-26-18-17-23(3)36-26/h5-18,22H,4,19-21H2,1-3H3,(H,31,35). The fourth-order valence-corrected chi connectivity index (χ4v) is 5.12. The van der Waals surface area contributed by atoms with Crippen molar-refractivity contribution < 1.29 is 9.59 Å². The minimum atomic E-state index is -0.263. The molecule has 36 heavy (non-hydrogen) atoms. The molecule has 4 rings (SSSR count). The van der Waals surface area contributed by atoms with Crippen LogP contribution in [0.15, 0.2) is 84.9 Å². The Balaban J connectivity index is 1.55. The minimum Gasteiger partial charge on any atom is -0.332 e. The van der Waals surface area contributed by atoms with Crippen LogP contribution in [-0.2, 0) is 17.9 Å². The van der Waals surface area contributed by atoms with Crippen LogP contribution >= 0.6 is 11.3 Å². The second-order valence-corrected chi connectivity index (χ2v) is 10.5. The highest BCUT2D eigenvalue weighted by Gasteiger charge is 2.26. The predicted molar refractivity (Wildman–Crippen MR) is 149 cm³/mol. The third kappa shape index (κ3) is 6.32. The zero-order chi connectivity index (χ0) is 25.5. The van der Waals surface area contributed by atoms with Crippen molar-refractivity contribution >= 4 is 39.7 Å². The van der Waals surface area contributed by atoms with Crippen molar-refractivity contribution in [2.24, 2.45) is 0 Å². The molecule has 1 heterocycles. The number of aryl methyl sites for hydroxylation is 1. The van der Waals surface area contributed by atoms with Crippen molar-refractivity contribution in [2.75, 3.05) is 11.9 Å². The summed E-state index contributed by atoms with van der Waals surface area (Å²) in [7, 11) is 0. The van der Waals surface area contributed by atoms with Crippen LogP contribution < -0.4 is 5.32 Å². The van der Waals surface area contributed by atoms with E-state index in [0.717, 1.165) is 33.3 Å². The van der Waals surface area contributed by atoms with Crippen LogP contribution in [0.3, 0.4) is 0 Å². The van der Waals surface area contributed by atoms with Crippen molar-refractivity contribution in [3.05, 3.63) is 100 Å². The smallest absolute Gasteiger partial charge is 0.322 e. The number of hydrogen-bond donors (Lipinski definition) is 1. The van der Waals surface area contributed by atoms with Gasteiger partial charge in [0.1, 0.15) is 6.54 Å². The summed E-state index contributed by atoms with van der Waals surface area (Å²) in [6.07, 6.45) is 0.749. The molecule has 6 heteroatoms. The van der Waals surface area contributed by atoms with Crippen molar-refractivity contribution in [1.29, 1.82) is 0 Å². The summed E-state index contributed by atoms with van der Waals surface area (Å²) in [5.74, 6) is -0.0710. The van der Waals surface area contributed by atoms with Crippen LogP contribution in [0.1, 0.15) is 35.6 Å². The topological polar surface area (TPSA) is 52.7 Å². The van der Waals surface area contributed by atoms with Gasteiger partial charge in [-0.05, 0) is 49.4 Å². The average Bonchev–Trinajstić information content (AvgIpc) is 3.31. The van der Waals surface area contributed by atoms with E-state index in [1.54, 1.807) is 16.2 Å². The van der Waals surface area contributed by atoms with Gasteiger partial charge in [-0.3, -0.25) is 4.79 Å². The van der Waals surface area contributed by atoms with Crippen molar-refractivity contribution in [2.45, 2.75) is 46.3 Å². The van der Waals surface area contributed by atoms with E-state index >= 15 is 0 Å². The lowest BCUT2D eigenvalue weighted by molar-refractivity contribution is -0.133. The highest BCUT2D eigenvalue weighted by Crippen LogP contribution is 2.24. The third-order valence-electron chi connectivity index (χ3n) is 6.43. The van der Waals surface area contributed by atoms with Crippen LogP contribution in [0.25, 0.3) is 10.8 Å². The van der Waals surface area contributed by atoms with Gasteiger partial charge in [-0.2, -0.15) is 0 Å². The summed E-state index contributed by atoms with van der Waals surface area (Å²) >= 11 is 1.70. The van der Waals surface area contributed by atoms with Crippen LogP contribution in [-0.4, -0.2) is 34.3 Å². The molecule has 0 saturated carbocycles. The first kappa shape index (κ1) is 25.5. The molecule has 0 radical (unpaired) electrons. The Kier molecular flexibility index (Phi) is 8.39. The van der Waals surface area contributed by atoms with E-state index in [4.69, 9.17) is 0 Å². The van der Waals surface area contributed by atoms with Gasteiger partial charge in [0.2, 0.25) is 5.91 Å². The van der Waals surface area contributed by atoms with Gasteiger partial charge in [0.25, 0.3) is 0 Å². The molecule has 186 valence electrons. The Morgan fingerprint density at radius 1 is 0.889 bits per heavy atom. The van der Waals surface area contributed by atoms with Crippen LogP contribution in [0.4, 0.5) is 10.5 Å². The van der Waals surface area contributed by atoms with Gasteiger partial charge in [-0.15, -0.1) is 11.3 Å². The quantitative estimate of drug-likeness (QED) is 0.268. The van der Waals surface area contributed by atoms with E-state index in [-0.39, 0.29) is 24.5 Å². The van der Waals surface area contributed by atoms with Gasteiger partial charge in [0.05, 0.1) is 12.2 Å². The summed E-state index contributed by atoms with van der Waals surface area (Å²) in [6.45, 7) is 7.12. The first-order valence-electron chi connectivity index (χ1n) is 12.4. The number of anilines is 1.